The van der Waals surface area contributed by atoms with Gasteiger partial charge in [0.05, 0.1) is 21.9 Å². The SMILES string of the molecule is Cc1cccc(CN2C(=O)S/C(=C\c3cc(Br)ccc3Oc3ccc(C(F)(F)F)cc3[N+](=O)[O-])C2=O)c1. The maximum atomic E-state index is 13.0. The summed E-state index contributed by atoms with van der Waals surface area (Å²) in [5.74, 6) is -0.901. The fraction of sp³-hybridized carbons (Fsp3) is 0.120. The Bertz CT molecular complexity index is 1460. The molecule has 0 aliphatic carbocycles. The van der Waals surface area contributed by atoms with Crippen LogP contribution < -0.4 is 4.74 Å². The van der Waals surface area contributed by atoms with Gasteiger partial charge in [-0.1, -0.05) is 45.8 Å². The number of hydrogen-bond donors (Lipinski definition) is 0. The van der Waals surface area contributed by atoms with Gasteiger partial charge in [-0.15, -0.1) is 0 Å². The first-order valence-electron chi connectivity index (χ1n) is 10.6. The average Bonchev–Trinajstić information content (AvgIpc) is 3.07. The molecule has 1 heterocycles. The van der Waals surface area contributed by atoms with Crippen molar-refractivity contribution < 1.29 is 32.4 Å². The molecule has 3 aromatic rings. The van der Waals surface area contributed by atoms with E-state index in [2.05, 4.69) is 15.9 Å². The van der Waals surface area contributed by atoms with Gasteiger partial charge in [-0.25, -0.2) is 0 Å². The van der Waals surface area contributed by atoms with E-state index < -0.39 is 39.2 Å². The van der Waals surface area contributed by atoms with Crippen LogP contribution in [0.1, 0.15) is 22.3 Å². The monoisotopic (exact) mass is 592 g/mol. The van der Waals surface area contributed by atoms with Crippen LogP contribution in [0.25, 0.3) is 6.08 Å². The van der Waals surface area contributed by atoms with E-state index in [0.29, 0.717) is 16.6 Å². The van der Waals surface area contributed by atoms with Crippen LogP contribution in [0, 0.1) is 17.0 Å². The summed E-state index contributed by atoms with van der Waals surface area (Å²) in [6.45, 7) is 1.98. The number of benzene rings is 3. The highest BCUT2D eigenvalue weighted by molar-refractivity contribution is 9.10. The quantitative estimate of drug-likeness (QED) is 0.165. The molecule has 1 aliphatic rings. The number of carbonyl (C=O) groups is 2. The van der Waals surface area contributed by atoms with Crippen molar-refractivity contribution in [3.63, 3.8) is 0 Å². The van der Waals surface area contributed by atoms with Crippen LogP contribution in [0.15, 0.2) is 70.0 Å². The number of nitro groups is 1. The number of amides is 2. The van der Waals surface area contributed by atoms with Crippen LogP contribution in [0.4, 0.5) is 23.7 Å². The number of halogens is 4. The summed E-state index contributed by atoms with van der Waals surface area (Å²) in [5, 5.41) is 11.0. The number of nitro benzene ring substituents is 1. The molecule has 0 spiro atoms. The number of thioether (sulfide) groups is 1. The van der Waals surface area contributed by atoms with Crippen molar-refractivity contribution >= 4 is 50.6 Å². The molecule has 3 aromatic carbocycles. The lowest BCUT2D eigenvalue weighted by Gasteiger charge is -2.13. The molecule has 1 aliphatic heterocycles. The van der Waals surface area contributed by atoms with E-state index in [1.165, 1.54) is 12.1 Å². The summed E-state index contributed by atoms with van der Waals surface area (Å²) in [5.41, 5.74) is -0.0189. The Morgan fingerprint density at radius 1 is 1.08 bits per heavy atom. The number of hydrogen-bond acceptors (Lipinski definition) is 6. The van der Waals surface area contributed by atoms with Gasteiger partial charge >= 0.3 is 11.9 Å². The molecule has 0 radical (unpaired) electrons. The molecule has 37 heavy (non-hydrogen) atoms. The van der Waals surface area contributed by atoms with Crippen LogP contribution >= 0.6 is 27.7 Å². The molecular formula is C25H16BrF3N2O5S. The third kappa shape index (κ3) is 6.03. The molecular weight excluding hydrogens is 577 g/mol. The molecule has 12 heteroatoms. The van der Waals surface area contributed by atoms with Crippen LogP contribution in [-0.2, 0) is 17.5 Å². The van der Waals surface area contributed by atoms with Crippen molar-refractivity contribution in [3.8, 4) is 11.5 Å². The fourth-order valence-electron chi connectivity index (χ4n) is 3.54. The maximum absolute atomic E-state index is 13.0. The molecule has 0 atom stereocenters. The normalized spacial score (nSPS) is 14.9. The van der Waals surface area contributed by atoms with Crippen molar-refractivity contribution in [2.75, 3.05) is 0 Å². The highest BCUT2D eigenvalue weighted by Crippen LogP contribution is 2.40. The van der Waals surface area contributed by atoms with Gasteiger partial charge in [-0.3, -0.25) is 24.6 Å². The lowest BCUT2D eigenvalue weighted by molar-refractivity contribution is -0.385. The standard InChI is InChI=1S/C25H16BrF3N2O5S/c1-14-3-2-4-15(9-14)13-30-23(32)22(37-24(30)33)11-16-10-18(26)6-8-20(16)36-21-7-5-17(25(27,28)29)12-19(21)31(34)35/h2-12H,13H2,1H3/b22-11-. The number of ether oxygens (including phenoxy) is 1. The van der Waals surface area contributed by atoms with Crippen molar-refractivity contribution in [2.24, 2.45) is 0 Å². The molecule has 1 fully saturated rings. The third-order valence-electron chi connectivity index (χ3n) is 5.26. The second kappa shape index (κ2) is 10.4. The summed E-state index contributed by atoms with van der Waals surface area (Å²) < 4.78 is 45.3. The van der Waals surface area contributed by atoms with Gasteiger partial charge in [0.25, 0.3) is 11.1 Å². The Hall–Kier alpha value is -3.64. The topological polar surface area (TPSA) is 89.8 Å². The minimum Gasteiger partial charge on any atom is -0.449 e. The fourth-order valence-corrected chi connectivity index (χ4v) is 4.74. The number of aryl methyl sites for hydroxylation is 1. The number of nitrogens with zero attached hydrogens (tertiary/aromatic N) is 2. The van der Waals surface area contributed by atoms with Gasteiger partial charge in [0.2, 0.25) is 5.75 Å². The van der Waals surface area contributed by atoms with Gasteiger partial charge in [-0.2, -0.15) is 13.2 Å². The highest BCUT2D eigenvalue weighted by atomic mass is 79.9. The van der Waals surface area contributed by atoms with Gasteiger partial charge in [0.1, 0.15) is 5.75 Å². The maximum Gasteiger partial charge on any atom is 0.416 e. The first-order valence-corrected chi connectivity index (χ1v) is 12.2. The molecule has 0 aromatic heterocycles. The Kier molecular flexibility index (Phi) is 7.42. The molecule has 0 saturated carbocycles. The van der Waals surface area contributed by atoms with E-state index in [1.54, 1.807) is 18.2 Å². The molecule has 7 nitrogen and oxygen atoms in total. The zero-order valence-electron chi connectivity index (χ0n) is 18.9. The Labute approximate surface area is 221 Å². The number of imide groups is 1. The summed E-state index contributed by atoms with van der Waals surface area (Å²) >= 11 is 4.03. The van der Waals surface area contributed by atoms with Crippen molar-refractivity contribution in [2.45, 2.75) is 19.6 Å². The van der Waals surface area contributed by atoms with Crippen molar-refractivity contribution in [1.29, 1.82) is 0 Å². The van der Waals surface area contributed by atoms with Crippen LogP contribution in [0.5, 0.6) is 11.5 Å². The van der Waals surface area contributed by atoms with E-state index >= 15 is 0 Å². The van der Waals surface area contributed by atoms with Crippen LogP contribution in [-0.4, -0.2) is 21.0 Å². The zero-order valence-corrected chi connectivity index (χ0v) is 21.3. The first kappa shape index (κ1) is 26.4. The number of rotatable bonds is 6. The summed E-state index contributed by atoms with van der Waals surface area (Å²) in [6.07, 6.45) is -3.37. The van der Waals surface area contributed by atoms with Gasteiger partial charge in [0.15, 0.2) is 0 Å². The second-order valence-corrected chi connectivity index (χ2v) is 9.89. The van der Waals surface area contributed by atoms with Crippen molar-refractivity contribution in [1.82, 2.24) is 4.90 Å². The Balaban J connectivity index is 1.66. The van der Waals surface area contributed by atoms with Gasteiger partial charge in [-0.05, 0) is 60.7 Å². The van der Waals surface area contributed by atoms with Crippen LogP contribution in [0.2, 0.25) is 0 Å². The van der Waals surface area contributed by atoms with Gasteiger partial charge in [0, 0.05) is 16.1 Å². The second-order valence-electron chi connectivity index (χ2n) is 7.98. The van der Waals surface area contributed by atoms with E-state index in [0.717, 1.165) is 33.9 Å². The summed E-state index contributed by atoms with van der Waals surface area (Å²) in [6, 6.07) is 13.9. The lowest BCUT2D eigenvalue weighted by atomic mass is 10.1. The molecule has 0 unspecified atom stereocenters. The number of alkyl halides is 3. The predicted molar refractivity (Wildman–Crippen MR) is 135 cm³/mol. The van der Waals surface area contributed by atoms with E-state index in [1.807, 2.05) is 25.1 Å². The number of carbonyl (C=O) groups excluding carboxylic acids is 2. The minimum absolute atomic E-state index is 0.0385. The largest absolute Gasteiger partial charge is 0.449 e. The van der Waals surface area contributed by atoms with Gasteiger partial charge < -0.3 is 4.74 Å². The summed E-state index contributed by atoms with van der Waals surface area (Å²) in [4.78, 5) is 37.2. The minimum atomic E-state index is -4.77. The molecule has 4 rings (SSSR count). The predicted octanol–water partition coefficient (Wildman–Crippen LogP) is 7.71. The smallest absolute Gasteiger partial charge is 0.416 e. The average molecular weight is 593 g/mol. The molecule has 190 valence electrons. The Morgan fingerprint density at radius 2 is 1.81 bits per heavy atom. The Morgan fingerprint density at radius 3 is 2.49 bits per heavy atom. The summed E-state index contributed by atoms with van der Waals surface area (Å²) in [7, 11) is 0. The van der Waals surface area contributed by atoms with E-state index in [4.69, 9.17) is 4.74 Å². The molecule has 2 amide bonds. The van der Waals surface area contributed by atoms with Crippen molar-refractivity contribution in [3.05, 3.63) is 102 Å². The lowest BCUT2D eigenvalue weighted by Crippen LogP contribution is -2.27. The highest BCUT2D eigenvalue weighted by Gasteiger charge is 2.36. The molecule has 1 saturated heterocycles. The van der Waals surface area contributed by atoms with Crippen LogP contribution in [0.3, 0.4) is 0 Å². The third-order valence-corrected chi connectivity index (χ3v) is 6.66. The van der Waals surface area contributed by atoms with E-state index in [-0.39, 0.29) is 22.8 Å². The molecule has 0 N–H and O–H groups in total. The first-order chi connectivity index (χ1) is 17.4. The molecule has 0 bridgehead atoms. The zero-order chi connectivity index (χ0) is 26.9. The van der Waals surface area contributed by atoms with E-state index in [9.17, 15) is 32.9 Å².